The lowest BCUT2D eigenvalue weighted by molar-refractivity contribution is 0.259. The number of rotatable bonds is 8. The first-order valence-corrected chi connectivity index (χ1v) is 7.06. The van der Waals surface area contributed by atoms with Crippen molar-refractivity contribution in [2.75, 3.05) is 20.1 Å². The van der Waals surface area contributed by atoms with E-state index in [2.05, 4.69) is 25.8 Å². The molecule has 19 heavy (non-hydrogen) atoms. The highest BCUT2D eigenvalue weighted by Crippen LogP contribution is 2.25. The minimum atomic E-state index is -0.171. The maximum Gasteiger partial charge on any atom is 0.123 e. The predicted octanol–water partition coefficient (Wildman–Crippen LogP) is 3.41. The van der Waals surface area contributed by atoms with Gasteiger partial charge >= 0.3 is 0 Å². The lowest BCUT2D eigenvalue weighted by atomic mass is 9.84. The third-order valence-electron chi connectivity index (χ3n) is 3.58. The summed E-state index contributed by atoms with van der Waals surface area (Å²) in [7, 11) is 2.11. The molecule has 0 atom stereocenters. The van der Waals surface area contributed by atoms with E-state index in [1.807, 2.05) is 12.1 Å². The van der Waals surface area contributed by atoms with Crippen LogP contribution in [0, 0.1) is 11.2 Å². The summed E-state index contributed by atoms with van der Waals surface area (Å²) in [4.78, 5) is 2.28. The van der Waals surface area contributed by atoms with Crippen molar-refractivity contribution >= 4 is 0 Å². The molecule has 1 aromatic rings. The van der Waals surface area contributed by atoms with Gasteiger partial charge in [0.15, 0.2) is 0 Å². The lowest BCUT2D eigenvalue weighted by Crippen LogP contribution is -2.22. The van der Waals surface area contributed by atoms with Crippen molar-refractivity contribution in [3.05, 3.63) is 35.6 Å². The first-order chi connectivity index (χ1) is 8.93. The van der Waals surface area contributed by atoms with E-state index in [4.69, 9.17) is 5.73 Å². The van der Waals surface area contributed by atoms with Gasteiger partial charge in [-0.3, -0.25) is 0 Å². The fraction of sp³-hybridized carbons (Fsp3) is 0.625. The highest BCUT2D eigenvalue weighted by atomic mass is 19.1. The van der Waals surface area contributed by atoms with E-state index < -0.39 is 0 Å². The summed E-state index contributed by atoms with van der Waals surface area (Å²) in [5.74, 6) is -0.171. The molecule has 0 fully saturated rings. The maximum atomic E-state index is 12.8. The second-order valence-electron chi connectivity index (χ2n) is 6.17. The molecule has 0 aliphatic carbocycles. The molecule has 1 rings (SSSR count). The summed E-state index contributed by atoms with van der Waals surface area (Å²) in [6.45, 7) is 7.25. The monoisotopic (exact) mass is 266 g/mol. The molecule has 0 aliphatic rings. The van der Waals surface area contributed by atoms with Gasteiger partial charge in [-0.15, -0.1) is 0 Å². The first-order valence-electron chi connectivity index (χ1n) is 7.06. The van der Waals surface area contributed by atoms with Crippen molar-refractivity contribution in [1.82, 2.24) is 4.90 Å². The average molecular weight is 266 g/mol. The van der Waals surface area contributed by atoms with Crippen LogP contribution in [0.2, 0.25) is 0 Å². The Bertz CT molecular complexity index is 360. The summed E-state index contributed by atoms with van der Waals surface area (Å²) in [5, 5.41) is 0. The van der Waals surface area contributed by atoms with Gasteiger partial charge in [0.2, 0.25) is 0 Å². The van der Waals surface area contributed by atoms with E-state index >= 15 is 0 Å². The first kappa shape index (κ1) is 16.1. The van der Waals surface area contributed by atoms with Crippen LogP contribution in [0.25, 0.3) is 0 Å². The fourth-order valence-electron chi connectivity index (χ4n) is 2.32. The van der Waals surface area contributed by atoms with Crippen molar-refractivity contribution in [3.8, 4) is 0 Å². The average Bonchev–Trinajstić information content (AvgIpc) is 2.31. The van der Waals surface area contributed by atoms with Crippen LogP contribution in [-0.2, 0) is 6.54 Å². The van der Waals surface area contributed by atoms with Crippen LogP contribution in [0.4, 0.5) is 4.39 Å². The molecule has 0 bridgehead atoms. The Labute approximate surface area is 116 Å². The largest absolute Gasteiger partial charge is 0.330 e. The summed E-state index contributed by atoms with van der Waals surface area (Å²) >= 11 is 0. The standard InChI is InChI=1S/C16H27FN2/c1-16(2,10-11-18)9-4-12-19(3)13-14-5-7-15(17)8-6-14/h5-8H,4,9-13,18H2,1-3H3. The molecule has 0 heterocycles. The zero-order chi connectivity index (χ0) is 14.3. The quantitative estimate of drug-likeness (QED) is 0.781. The van der Waals surface area contributed by atoms with Crippen LogP contribution in [0.15, 0.2) is 24.3 Å². The number of halogens is 1. The molecule has 108 valence electrons. The molecule has 2 nitrogen and oxygen atoms in total. The van der Waals surface area contributed by atoms with Gasteiger partial charge in [0.1, 0.15) is 5.82 Å². The van der Waals surface area contributed by atoms with Crippen LogP contribution in [0.1, 0.15) is 38.7 Å². The van der Waals surface area contributed by atoms with E-state index in [1.165, 1.54) is 25.0 Å². The second-order valence-corrected chi connectivity index (χ2v) is 6.17. The Kier molecular flexibility index (Phi) is 6.46. The minimum Gasteiger partial charge on any atom is -0.330 e. The van der Waals surface area contributed by atoms with E-state index in [1.54, 1.807) is 0 Å². The Balaban J connectivity index is 2.28. The van der Waals surface area contributed by atoms with Crippen molar-refractivity contribution in [2.24, 2.45) is 11.1 Å². The summed E-state index contributed by atoms with van der Waals surface area (Å²) in [6.07, 6.45) is 3.44. The van der Waals surface area contributed by atoms with Crippen molar-refractivity contribution in [1.29, 1.82) is 0 Å². The maximum absolute atomic E-state index is 12.8. The van der Waals surface area contributed by atoms with Gasteiger partial charge in [-0.05, 0) is 62.5 Å². The number of nitrogens with two attached hydrogens (primary N) is 1. The van der Waals surface area contributed by atoms with Crippen molar-refractivity contribution < 1.29 is 4.39 Å². The van der Waals surface area contributed by atoms with Crippen LogP contribution in [-0.4, -0.2) is 25.0 Å². The Morgan fingerprint density at radius 3 is 2.37 bits per heavy atom. The molecule has 3 heteroatoms. The Morgan fingerprint density at radius 2 is 1.79 bits per heavy atom. The van der Waals surface area contributed by atoms with Crippen LogP contribution < -0.4 is 5.73 Å². The van der Waals surface area contributed by atoms with Crippen LogP contribution >= 0.6 is 0 Å². The van der Waals surface area contributed by atoms with Crippen LogP contribution in [0.5, 0.6) is 0 Å². The van der Waals surface area contributed by atoms with E-state index in [0.29, 0.717) is 5.41 Å². The number of nitrogens with zero attached hydrogens (tertiary/aromatic N) is 1. The van der Waals surface area contributed by atoms with Gasteiger partial charge in [-0.1, -0.05) is 26.0 Å². The molecular weight excluding hydrogens is 239 g/mol. The number of benzene rings is 1. The van der Waals surface area contributed by atoms with Gasteiger partial charge in [-0.25, -0.2) is 4.39 Å². The molecule has 1 aromatic carbocycles. The summed E-state index contributed by atoms with van der Waals surface area (Å²) in [6, 6.07) is 6.75. The SMILES string of the molecule is CN(CCCC(C)(C)CCN)Cc1ccc(F)cc1. The number of hydrogen-bond acceptors (Lipinski definition) is 2. The molecule has 0 amide bonds. The second kappa shape index (κ2) is 7.61. The third-order valence-corrected chi connectivity index (χ3v) is 3.58. The highest BCUT2D eigenvalue weighted by molar-refractivity contribution is 5.15. The van der Waals surface area contributed by atoms with E-state index in [-0.39, 0.29) is 5.82 Å². The smallest absolute Gasteiger partial charge is 0.123 e. The zero-order valence-electron chi connectivity index (χ0n) is 12.5. The molecule has 0 radical (unpaired) electrons. The molecule has 0 aromatic heterocycles. The van der Waals surface area contributed by atoms with Gasteiger partial charge in [-0.2, -0.15) is 0 Å². The molecule has 0 unspecified atom stereocenters. The Hall–Kier alpha value is -0.930. The van der Waals surface area contributed by atoms with Crippen molar-refractivity contribution in [2.45, 2.75) is 39.7 Å². The third kappa shape index (κ3) is 6.69. The molecule has 0 aliphatic heterocycles. The minimum absolute atomic E-state index is 0.171. The molecular formula is C16H27FN2. The zero-order valence-corrected chi connectivity index (χ0v) is 12.5. The Morgan fingerprint density at radius 1 is 1.16 bits per heavy atom. The van der Waals surface area contributed by atoms with Crippen molar-refractivity contribution in [3.63, 3.8) is 0 Å². The van der Waals surface area contributed by atoms with Gasteiger partial charge in [0.25, 0.3) is 0 Å². The topological polar surface area (TPSA) is 29.3 Å². The predicted molar refractivity (Wildman–Crippen MR) is 79.4 cm³/mol. The normalized spacial score (nSPS) is 12.1. The van der Waals surface area contributed by atoms with Crippen LogP contribution in [0.3, 0.4) is 0 Å². The summed E-state index contributed by atoms with van der Waals surface area (Å²) in [5.41, 5.74) is 7.12. The lowest BCUT2D eigenvalue weighted by Gasteiger charge is -2.25. The summed E-state index contributed by atoms with van der Waals surface area (Å²) < 4.78 is 12.8. The fourth-order valence-corrected chi connectivity index (χ4v) is 2.32. The van der Waals surface area contributed by atoms with E-state index in [9.17, 15) is 4.39 Å². The van der Waals surface area contributed by atoms with Gasteiger partial charge in [0.05, 0.1) is 0 Å². The highest BCUT2D eigenvalue weighted by Gasteiger charge is 2.16. The number of hydrogen-bond donors (Lipinski definition) is 1. The van der Waals surface area contributed by atoms with Gasteiger partial charge in [0, 0.05) is 6.54 Å². The molecule has 0 spiro atoms. The molecule has 2 N–H and O–H groups in total. The van der Waals surface area contributed by atoms with E-state index in [0.717, 1.165) is 31.6 Å². The van der Waals surface area contributed by atoms with Gasteiger partial charge < -0.3 is 10.6 Å². The molecule has 0 saturated heterocycles. The molecule has 0 saturated carbocycles.